The van der Waals surface area contributed by atoms with Gasteiger partial charge in [0.25, 0.3) is 0 Å². The van der Waals surface area contributed by atoms with Crippen molar-refractivity contribution in [3.05, 3.63) is 0 Å². The van der Waals surface area contributed by atoms with Crippen LogP contribution < -0.4 is 0 Å². The summed E-state index contributed by atoms with van der Waals surface area (Å²) in [6.07, 6.45) is 0. The van der Waals surface area contributed by atoms with E-state index in [1.54, 1.807) is 20.8 Å². The van der Waals surface area contributed by atoms with Crippen molar-refractivity contribution in [2.45, 2.75) is 35.6 Å². The van der Waals surface area contributed by atoms with Gasteiger partial charge in [0.15, 0.2) is 0 Å². The lowest BCUT2D eigenvalue weighted by molar-refractivity contribution is -0.145. The molecule has 0 heterocycles. The minimum atomic E-state index is -0.757. The molecule has 0 fully saturated rings. The molecule has 2 heteroatoms. The van der Waals surface area contributed by atoms with E-state index >= 15 is 0 Å². The van der Waals surface area contributed by atoms with Crippen molar-refractivity contribution in [3.8, 4) is 0 Å². The Kier molecular flexibility index (Phi) is 7.65. The Balaban J connectivity index is -0.000000180. The lowest BCUT2D eigenvalue weighted by Gasteiger charge is -2.08. The molecule has 0 rings (SSSR count). The molecule has 58 valence electrons. The predicted octanol–water partition coefficient (Wildman–Crippen LogP) is 2.39. The van der Waals surface area contributed by atoms with Crippen LogP contribution in [-0.4, -0.2) is 11.1 Å². The van der Waals surface area contributed by atoms with Gasteiger partial charge in [-0.2, -0.15) is 0 Å². The summed E-state index contributed by atoms with van der Waals surface area (Å²) in [6, 6.07) is 0. The van der Waals surface area contributed by atoms with Gasteiger partial charge in [0.1, 0.15) is 0 Å². The summed E-state index contributed by atoms with van der Waals surface area (Å²) in [5, 5.41) is 8.25. The highest BCUT2D eigenvalue weighted by atomic mass is 16.4. The zero-order valence-electron chi connectivity index (χ0n) is 4.86. The number of hydrogen-bond acceptors (Lipinski definition) is 1. The van der Waals surface area contributed by atoms with Crippen molar-refractivity contribution in [3.63, 3.8) is 0 Å². The van der Waals surface area contributed by atoms with Crippen LogP contribution in [0.3, 0.4) is 0 Å². The van der Waals surface area contributed by atoms with Crippen molar-refractivity contribution < 1.29 is 9.90 Å². The molecule has 2 nitrogen and oxygen atoms in total. The summed E-state index contributed by atoms with van der Waals surface area (Å²) in [6.45, 7) is 4.99. The van der Waals surface area contributed by atoms with Gasteiger partial charge in [0, 0.05) is 0 Å². The number of carbonyl (C=O) groups is 1. The molecule has 0 aliphatic carbocycles. The molecule has 0 radical (unpaired) electrons. The zero-order valence-corrected chi connectivity index (χ0v) is 4.86. The van der Waals surface area contributed by atoms with Crippen LogP contribution in [0.2, 0.25) is 0 Å². The Bertz CT molecular complexity index is 79.4. The number of hydrogen-bond donors (Lipinski definition) is 1. The van der Waals surface area contributed by atoms with Crippen LogP contribution in [0.25, 0.3) is 0 Å². The van der Waals surface area contributed by atoms with Crippen molar-refractivity contribution in [2.75, 3.05) is 0 Å². The second kappa shape index (κ2) is 4.36. The fraction of sp³-hybridized carbons (Fsp3) is 0.857. The molecule has 0 aliphatic heterocycles. The second-order valence-corrected chi connectivity index (χ2v) is 2.56. The highest BCUT2D eigenvalue weighted by molar-refractivity contribution is 5.72. The molecular formula is C7H18O2. The van der Waals surface area contributed by atoms with Gasteiger partial charge in [0.2, 0.25) is 0 Å². The number of carboxylic acids is 1. The van der Waals surface area contributed by atoms with E-state index in [0.29, 0.717) is 0 Å². The normalized spacial score (nSPS) is 8.78. The van der Waals surface area contributed by atoms with E-state index in [0.717, 1.165) is 0 Å². The number of carboxylic acid groups (broad SMARTS) is 1. The molecule has 0 spiro atoms. The van der Waals surface area contributed by atoms with Crippen LogP contribution in [0.4, 0.5) is 0 Å². The summed E-state index contributed by atoms with van der Waals surface area (Å²) >= 11 is 0. The highest BCUT2D eigenvalue weighted by Crippen LogP contribution is 2.11. The Morgan fingerprint density at radius 2 is 1.33 bits per heavy atom. The lowest BCUT2D eigenvalue weighted by Crippen LogP contribution is -2.18. The molecular weight excluding hydrogens is 116 g/mol. The molecule has 0 amide bonds. The van der Waals surface area contributed by atoms with E-state index in [2.05, 4.69) is 0 Å². The minimum Gasteiger partial charge on any atom is -0.481 e. The van der Waals surface area contributed by atoms with Crippen LogP contribution in [0.1, 0.15) is 35.6 Å². The maximum absolute atomic E-state index is 10.0. The maximum atomic E-state index is 10.0. The van der Waals surface area contributed by atoms with Gasteiger partial charge in [-0.1, -0.05) is 14.9 Å². The van der Waals surface area contributed by atoms with Crippen LogP contribution in [0.5, 0.6) is 0 Å². The number of aliphatic carboxylic acids is 1. The van der Waals surface area contributed by atoms with E-state index < -0.39 is 11.4 Å². The van der Waals surface area contributed by atoms with Gasteiger partial charge in [-0.3, -0.25) is 4.79 Å². The maximum Gasteiger partial charge on any atom is 0.308 e. The van der Waals surface area contributed by atoms with Crippen molar-refractivity contribution in [1.29, 1.82) is 0 Å². The second-order valence-electron chi connectivity index (χ2n) is 2.56. The average Bonchev–Trinajstić information content (AvgIpc) is 1.31. The molecule has 0 aromatic carbocycles. The largest absolute Gasteiger partial charge is 0.481 e. The van der Waals surface area contributed by atoms with Crippen LogP contribution in [-0.2, 0) is 4.79 Å². The standard InChI is InChI=1S/C5H10O2.2CH4/c1-5(2,3)4(6)7;;/h1-3H3,(H,6,7);2*1H4. The molecule has 9 heavy (non-hydrogen) atoms. The predicted molar refractivity (Wildman–Crippen MR) is 40.6 cm³/mol. The molecule has 0 atom stereocenters. The monoisotopic (exact) mass is 134 g/mol. The molecule has 0 aromatic heterocycles. The van der Waals surface area contributed by atoms with Gasteiger partial charge in [0.05, 0.1) is 5.41 Å². The molecule has 0 unspecified atom stereocenters. The molecule has 0 aromatic rings. The summed E-state index contributed by atoms with van der Waals surface area (Å²) in [5.74, 6) is -0.757. The summed E-state index contributed by atoms with van der Waals surface area (Å²) in [4.78, 5) is 10.0. The summed E-state index contributed by atoms with van der Waals surface area (Å²) < 4.78 is 0. The van der Waals surface area contributed by atoms with Gasteiger partial charge in [-0.05, 0) is 20.8 Å². The first-order valence-corrected chi connectivity index (χ1v) is 2.18. The molecule has 1 N–H and O–H groups in total. The Hall–Kier alpha value is -0.530. The Morgan fingerprint density at radius 1 is 1.22 bits per heavy atom. The van der Waals surface area contributed by atoms with E-state index in [1.807, 2.05) is 0 Å². The van der Waals surface area contributed by atoms with E-state index in [1.165, 1.54) is 0 Å². The van der Waals surface area contributed by atoms with Crippen LogP contribution >= 0.6 is 0 Å². The lowest BCUT2D eigenvalue weighted by atomic mass is 9.98. The third-order valence-electron chi connectivity index (χ3n) is 0.642. The Labute approximate surface area is 57.9 Å². The Morgan fingerprint density at radius 3 is 1.33 bits per heavy atom. The van der Waals surface area contributed by atoms with Crippen LogP contribution in [0, 0.1) is 5.41 Å². The van der Waals surface area contributed by atoms with Crippen molar-refractivity contribution in [2.24, 2.45) is 5.41 Å². The first-order valence-electron chi connectivity index (χ1n) is 2.18. The van der Waals surface area contributed by atoms with Crippen molar-refractivity contribution >= 4 is 5.97 Å². The van der Waals surface area contributed by atoms with Gasteiger partial charge in [-0.15, -0.1) is 0 Å². The quantitative estimate of drug-likeness (QED) is 0.552. The summed E-state index contributed by atoms with van der Waals surface area (Å²) in [5.41, 5.74) is -0.583. The third-order valence-corrected chi connectivity index (χ3v) is 0.642. The minimum absolute atomic E-state index is 0. The van der Waals surface area contributed by atoms with E-state index in [4.69, 9.17) is 5.11 Å². The van der Waals surface area contributed by atoms with Gasteiger partial charge < -0.3 is 5.11 Å². The summed E-state index contributed by atoms with van der Waals surface area (Å²) in [7, 11) is 0. The SMILES string of the molecule is C.C.CC(C)(C)C(=O)O. The first-order chi connectivity index (χ1) is 2.94. The fourth-order valence-corrected chi connectivity index (χ4v) is 0. The van der Waals surface area contributed by atoms with E-state index in [9.17, 15) is 4.79 Å². The van der Waals surface area contributed by atoms with Gasteiger partial charge in [-0.25, -0.2) is 0 Å². The van der Waals surface area contributed by atoms with Crippen LogP contribution in [0.15, 0.2) is 0 Å². The smallest absolute Gasteiger partial charge is 0.308 e. The fourth-order valence-electron chi connectivity index (χ4n) is 0. The molecule has 0 aliphatic rings. The van der Waals surface area contributed by atoms with Crippen molar-refractivity contribution in [1.82, 2.24) is 0 Å². The van der Waals surface area contributed by atoms with Gasteiger partial charge >= 0.3 is 5.97 Å². The number of rotatable bonds is 0. The third kappa shape index (κ3) is 7.47. The molecule has 0 saturated carbocycles. The topological polar surface area (TPSA) is 37.3 Å². The first kappa shape index (κ1) is 15.8. The zero-order chi connectivity index (χ0) is 6.08. The van der Waals surface area contributed by atoms with E-state index in [-0.39, 0.29) is 14.9 Å². The molecule has 0 bridgehead atoms. The average molecular weight is 134 g/mol. The molecule has 0 saturated heterocycles. The highest BCUT2D eigenvalue weighted by Gasteiger charge is 2.18.